The third-order valence-corrected chi connectivity index (χ3v) is 13.9. The van der Waals surface area contributed by atoms with Gasteiger partial charge in [-0.1, -0.05) is 99.9 Å². The zero-order chi connectivity index (χ0) is 33.9. The Kier molecular flexibility index (Phi) is 9.98. The van der Waals surface area contributed by atoms with Crippen LogP contribution in [0.5, 0.6) is 0 Å². The summed E-state index contributed by atoms with van der Waals surface area (Å²) in [6, 6.07) is 24.0. The number of rotatable bonds is 11. The van der Waals surface area contributed by atoms with Crippen molar-refractivity contribution in [3.63, 3.8) is 0 Å². The maximum atomic E-state index is 14.4. The molecule has 0 fully saturated rings. The van der Waals surface area contributed by atoms with Crippen molar-refractivity contribution in [2.45, 2.75) is 91.5 Å². The Labute approximate surface area is 278 Å². The molecule has 3 aromatic carbocycles. The molecule has 0 spiro atoms. The minimum atomic E-state index is -1.99. The van der Waals surface area contributed by atoms with Crippen molar-refractivity contribution in [1.29, 1.82) is 0 Å². The topological polar surface area (TPSA) is 103 Å². The molecular weight excluding hydrogens is 605 g/mol. The van der Waals surface area contributed by atoms with Crippen molar-refractivity contribution in [2.75, 3.05) is 0 Å². The molecule has 0 saturated carbocycles. The normalized spacial score (nSPS) is 12.8. The zero-order valence-electron chi connectivity index (χ0n) is 28.8. The lowest BCUT2D eigenvalue weighted by atomic mass is 9.96. The van der Waals surface area contributed by atoms with Crippen LogP contribution < -0.4 is 11.3 Å². The van der Waals surface area contributed by atoms with Gasteiger partial charge in [-0.2, -0.15) is 0 Å². The molecule has 2 heterocycles. The second kappa shape index (κ2) is 13.8. The van der Waals surface area contributed by atoms with Crippen molar-refractivity contribution in [3.8, 4) is 28.2 Å². The standard InChI is InChI=1S/C38H46N4O4Si/c1-9-10-18-34-33(23-27-19-21-28(22-20-27)31-16-11-12-17-32(31)35-40-37(44)45-41-35)36(43)42(26(3)39-34)30-15-13-14-29(24-30)25(2)46-47(7,8)38(4,5)6/h11-17,19-22,24-25H,9-10,18,23H2,1-8H3,(H,40,41,44). The molecule has 2 aromatic heterocycles. The number of benzene rings is 3. The average molecular weight is 651 g/mol. The van der Waals surface area contributed by atoms with E-state index in [1.165, 1.54) is 0 Å². The first-order chi connectivity index (χ1) is 22.3. The summed E-state index contributed by atoms with van der Waals surface area (Å²) in [4.78, 5) is 33.6. The van der Waals surface area contributed by atoms with Gasteiger partial charge < -0.3 is 4.43 Å². The average Bonchev–Trinajstić information content (AvgIpc) is 3.47. The molecule has 0 saturated heterocycles. The quantitative estimate of drug-likeness (QED) is 0.144. The summed E-state index contributed by atoms with van der Waals surface area (Å²) < 4.78 is 13.2. The van der Waals surface area contributed by atoms with E-state index in [0.29, 0.717) is 23.6 Å². The van der Waals surface area contributed by atoms with Crippen LogP contribution in [-0.2, 0) is 17.3 Å². The number of hydrogen-bond acceptors (Lipinski definition) is 6. The van der Waals surface area contributed by atoms with E-state index in [9.17, 15) is 9.59 Å². The maximum Gasteiger partial charge on any atom is 0.439 e. The molecule has 0 amide bonds. The van der Waals surface area contributed by atoms with E-state index in [-0.39, 0.29) is 16.7 Å². The Hall–Kier alpha value is -4.34. The van der Waals surface area contributed by atoms with Crippen molar-refractivity contribution in [1.82, 2.24) is 19.7 Å². The molecule has 1 unspecified atom stereocenters. The van der Waals surface area contributed by atoms with Gasteiger partial charge in [0, 0.05) is 17.5 Å². The smallest absolute Gasteiger partial charge is 0.410 e. The van der Waals surface area contributed by atoms with Crippen LogP contribution >= 0.6 is 0 Å². The molecule has 1 atom stereocenters. The molecule has 47 heavy (non-hydrogen) atoms. The lowest BCUT2D eigenvalue weighted by molar-refractivity contribution is 0.203. The first-order valence-corrected chi connectivity index (χ1v) is 19.3. The van der Waals surface area contributed by atoms with E-state index < -0.39 is 14.1 Å². The third kappa shape index (κ3) is 7.47. The predicted octanol–water partition coefficient (Wildman–Crippen LogP) is 8.57. The highest BCUT2D eigenvalue weighted by Crippen LogP contribution is 2.40. The number of nitrogens with one attached hydrogen (secondary N) is 1. The Bertz CT molecular complexity index is 1970. The molecule has 0 radical (unpaired) electrons. The summed E-state index contributed by atoms with van der Waals surface area (Å²) in [5.41, 5.74) is 7.04. The van der Waals surface area contributed by atoms with E-state index in [1.54, 1.807) is 4.57 Å². The van der Waals surface area contributed by atoms with Gasteiger partial charge in [0.05, 0.1) is 17.5 Å². The Morgan fingerprint density at radius 3 is 2.32 bits per heavy atom. The van der Waals surface area contributed by atoms with Crippen LogP contribution in [0.1, 0.15) is 81.8 Å². The molecule has 8 nitrogen and oxygen atoms in total. The van der Waals surface area contributed by atoms with Crippen molar-refractivity contribution in [2.24, 2.45) is 0 Å². The highest BCUT2D eigenvalue weighted by Gasteiger charge is 2.38. The number of H-pyrrole nitrogens is 1. The molecule has 5 aromatic rings. The molecule has 9 heteroatoms. The summed E-state index contributed by atoms with van der Waals surface area (Å²) in [6.45, 7) is 17.4. The molecule has 0 aliphatic rings. The van der Waals surface area contributed by atoms with Crippen molar-refractivity contribution >= 4 is 8.32 Å². The summed E-state index contributed by atoms with van der Waals surface area (Å²) in [7, 11) is -1.99. The molecule has 0 bridgehead atoms. The zero-order valence-corrected chi connectivity index (χ0v) is 29.8. The highest BCUT2D eigenvalue weighted by atomic mass is 28.4. The number of aromatic amines is 1. The molecule has 5 rings (SSSR count). The minimum Gasteiger partial charge on any atom is -0.410 e. The van der Waals surface area contributed by atoms with Gasteiger partial charge >= 0.3 is 5.76 Å². The highest BCUT2D eigenvalue weighted by molar-refractivity contribution is 6.74. The van der Waals surface area contributed by atoms with Gasteiger partial charge in [0.25, 0.3) is 5.56 Å². The fourth-order valence-electron chi connectivity index (χ4n) is 5.65. The third-order valence-electron chi connectivity index (χ3n) is 9.34. The summed E-state index contributed by atoms with van der Waals surface area (Å²) >= 11 is 0. The molecular formula is C38H46N4O4Si. The van der Waals surface area contributed by atoms with Crippen LogP contribution in [0.15, 0.2) is 86.9 Å². The molecule has 0 aliphatic heterocycles. The van der Waals surface area contributed by atoms with Gasteiger partial charge in [-0.3, -0.25) is 18.9 Å². The van der Waals surface area contributed by atoms with E-state index in [4.69, 9.17) is 13.9 Å². The Balaban J connectivity index is 1.49. The fourth-order valence-corrected chi connectivity index (χ4v) is 7.02. The van der Waals surface area contributed by atoms with Crippen LogP contribution in [0, 0.1) is 6.92 Å². The first-order valence-electron chi connectivity index (χ1n) is 16.4. The summed E-state index contributed by atoms with van der Waals surface area (Å²) in [5.74, 6) is 0.464. The van der Waals surface area contributed by atoms with Crippen LogP contribution in [0.4, 0.5) is 0 Å². The van der Waals surface area contributed by atoms with Gasteiger partial charge in [-0.15, -0.1) is 0 Å². The first kappa shape index (κ1) is 34.0. The summed E-state index contributed by atoms with van der Waals surface area (Å²) in [5, 5.41) is 3.97. The number of nitrogens with zero attached hydrogens (tertiary/aromatic N) is 3. The van der Waals surface area contributed by atoms with E-state index >= 15 is 0 Å². The molecule has 246 valence electrons. The number of aryl methyl sites for hydroxylation is 2. The monoisotopic (exact) mass is 650 g/mol. The molecule has 0 aliphatic carbocycles. The van der Waals surface area contributed by atoms with Gasteiger partial charge in [-0.05, 0) is 79.2 Å². The largest absolute Gasteiger partial charge is 0.439 e. The van der Waals surface area contributed by atoms with Crippen molar-refractivity contribution < 1.29 is 8.95 Å². The Morgan fingerprint density at radius 2 is 1.68 bits per heavy atom. The number of unbranched alkanes of at least 4 members (excludes halogenated alkanes) is 1. The SMILES string of the molecule is CCCCc1nc(C)n(-c2cccc(C(C)O[Si](C)(C)C(C)(C)C)c2)c(=O)c1Cc1ccc(-c2ccccc2-c2noc(=O)[nH]2)cc1. The van der Waals surface area contributed by atoms with Crippen LogP contribution in [0.25, 0.3) is 28.2 Å². The number of hydrogen-bond donors (Lipinski definition) is 1. The van der Waals surface area contributed by atoms with Crippen LogP contribution in [0.2, 0.25) is 18.1 Å². The van der Waals surface area contributed by atoms with Crippen molar-refractivity contribution in [3.05, 3.63) is 122 Å². The van der Waals surface area contributed by atoms with Gasteiger partial charge in [0.15, 0.2) is 14.1 Å². The lowest BCUT2D eigenvalue weighted by Crippen LogP contribution is -2.41. The Morgan fingerprint density at radius 1 is 0.979 bits per heavy atom. The lowest BCUT2D eigenvalue weighted by Gasteiger charge is -2.38. The van der Waals surface area contributed by atoms with Crippen LogP contribution in [0.3, 0.4) is 0 Å². The number of aromatic nitrogens is 4. The summed E-state index contributed by atoms with van der Waals surface area (Å²) in [6.07, 6.45) is 3.09. The fraction of sp³-hybridized carbons (Fsp3) is 0.368. The molecule has 1 N–H and O–H groups in total. The van der Waals surface area contributed by atoms with Crippen LogP contribution in [-0.4, -0.2) is 28.0 Å². The van der Waals surface area contributed by atoms with Gasteiger partial charge in [0.2, 0.25) is 0 Å². The van der Waals surface area contributed by atoms with Gasteiger partial charge in [-0.25, -0.2) is 9.78 Å². The minimum absolute atomic E-state index is 0.0388. The maximum absolute atomic E-state index is 14.4. The second-order valence-corrected chi connectivity index (χ2v) is 18.6. The van der Waals surface area contributed by atoms with E-state index in [1.807, 2.05) is 67.6 Å². The van der Waals surface area contributed by atoms with Gasteiger partial charge in [0.1, 0.15) is 5.82 Å². The van der Waals surface area contributed by atoms with E-state index in [2.05, 4.69) is 70.0 Å². The van der Waals surface area contributed by atoms with E-state index in [0.717, 1.165) is 58.5 Å². The second-order valence-electron chi connectivity index (χ2n) is 13.8. The predicted molar refractivity (Wildman–Crippen MR) is 191 cm³/mol.